The van der Waals surface area contributed by atoms with Crippen molar-refractivity contribution < 1.29 is 14.3 Å². The van der Waals surface area contributed by atoms with Crippen LogP contribution < -0.4 is 20.7 Å². The van der Waals surface area contributed by atoms with Gasteiger partial charge in [-0.25, -0.2) is 0 Å². The van der Waals surface area contributed by atoms with Gasteiger partial charge in [-0.05, 0) is 75.5 Å². The summed E-state index contributed by atoms with van der Waals surface area (Å²) in [6.07, 6.45) is 0.0217. The molecule has 0 radical (unpaired) electrons. The third-order valence-corrected chi connectivity index (χ3v) is 3.64. The summed E-state index contributed by atoms with van der Waals surface area (Å²) in [4.78, 5) is 24.1. The highest BCUT2D eigenvalue weighted by Gasteiger charge is 2.10. The number of ether oxygens (including phenoxy) is 1. The Bertz CT molecular complexity index is 819. The molecule has 0 atom stereocenters. The van der Waals surface area contributed by atoms with Crippen LogP contribution in [0.15, 0.2) is 48.5 Å². The molecule has 6 nitrogen and oxygen atoms in total. The maximum absolute atomic E-state index is 12.4. The van der Waals surface area contributed by atoms with Crippen molar-refractivity contribution in [1.82, 2.24) is 10.6 Å². The van der Waals surface area contributed by atoms with E-state index in [-0.39, 0.29) is 23.0 Å². The van der Waals surface area contributed by atoms with Gasteiger partial charge >= 0.3 is 0 Å². The first-order chi connectivity index (χ1) is 12.9. The van der Waals surface area contributed by atoms with Crippen LogP contribution in [0.25, 0.3) is 0 Å². The zero-order chi connectivity index (χ0) is 19.8. The largest absolute Gasteiger partial charge is 0.491 e. The topological polar surface area (TPSA) is 79.5 Å². The van der Waals surface area contributed by atoms with Crippen LogP contribution in [0.5, 0.6) is 5.75 Å². The van der Waals surface area contributed by atoms with Crippen LogP contribution in [0.3, 0.4) is 0 Å². The Kier molecular flexibility index (Phi) is 7.31. The first-order valence-corrected chi connectivity index (χ1v) is 9.07. The van der Waals surface area contributed by atoms with Crippen molar-refractivity contribution in [3.8, 4) is 5.75 Å². The van der Waals surface area contributed by atoms with Crippen molar-refractivity contribution in [2.75, 3.05) is 11.9 Å². The summed E-state index contributed by atoms with van der Waals surface area (Å²) in [6.45, 7) is 6.27. The summed E-state index contributed by atoms with van der Waals surface area (Å²) in [5.41, 5.74) is 1.67. The van der Waals surface area contributed by atoms with E-state index < -0.39 is 0 Å². The number of hydrogen-bond donors (Lipinski definition) is 3. The number of nitrogens with one attached hydrogen (secondary N) is 3. The first kappa shape index (κ1) is 20.4. The van der Waals surface area contributed by atoms with E-state index in [1.54, 1.807) is 48.5 Å². The Labute approximate surface area is 164 Å². The molecule has 0 bridgehead atoms. The molecule has 0 aromatic heterocycles. The highest BCUT2D eigenvalue weighted by molar-refractivity contribution is 7.80. The second-order valence-corrected chi connectivity index (χ2v) is 6.45. The minimum absolute atomic E-state index is 0.0217. The van der Waals surface area contributed by atoms with E-state index in [2.05, 4.69) is 16.0 Å². The predicted molar refractivity (Wildman–Crippen MR) is 110 cm³/mol. The van der Waals surface area contributed by atoms with E-state index in [0.29, 0.717) is 29.1 Å². The van der Waals surface area contributed by atoms with Gasteiger partial charge in [0.25, 0.3) is 11.8 Å². The van der Waals surface area contributed by atoms with E-state index in [4.69, 9.17) is 17.0 Å². The highest BCUT2D eigenvalue weighted by atomic mass is 32.1. The van der Waals surface area contributed by atoms with E-state index in [9.17, 15) is 9.59 Å². The minimum Gasteiger partial charge on any atom is -0.491 e. The number of carbonyl (C=O) groups excluding carboxylic acids is 2. The monoisotopic (exact) mass is 385 g/mol. The van der Waals surface area contributed by atoms with Crippen LogP contribution in [0.4, 0.5) is 5.69 Å². The summed E-state index contributed by atoms with van der Waals surface area (Å²) < 4.78 is 5.59. The number of amides is 2. The van der Waals surface area contributed by atoms with E-state index in [1.165, 1.54) is 0 Å². The summed E-state index contributed by atoms with van der Waals surface area (Å²) in [5, 5.41) is 8.45. The number of carbonyl (C=O) groups is 2. The van der Waals surface area contributed by atoms with Crippen LogP contribution in [0, 0.1) is 0 Å². The molecular weight excluding hydrogens is 362 g/mol. The van der Waals surface area contributed by atoms with Gasteiger partial charge in [0.2, 0.25) is 0 Å². The van der Waals surface area contributed by atoms with Crippen molar-refractivity contribution in [2.24, 2.45) is 0 Å². The molecule has 0 saturated carbocycles. The average Bonchev–Trinajstić information content (AvgIpc) is 2.62. The Morgan fingerprint density at radius 1 is 1.04 bits per heavy atom. The molecule has 2 aromatic carbocycles. The van der Waals surface area contributed by atoms with Gasteiger partial charge in [-0.1, -0.05) is 6.07 Å². The number of rotatable bonds is 6. The van der Waals surface area contributed by atoms with E-state index >= 15 is 0 Å². The van der Waals surface area contributed by atoms with E-state index in [1.807, 2.05) is 20.8 Å². The molecular formula is C20H23N3O3S. The average molecular weight is 385 g/mol. The molecule has 0 heterocycles. The van der Waals surface area contributed by atoms with Gasteiger partial charge in [-0.2, -0.15) is 0 Å². The van der Waals surface area contributed by atoms with Gasteiger partial charge in [0.1, 0.15) is 5.75 Å². The van der Waals surface area contributed by atoms with Crippen molar-refractivity contribution in [3.63, 3.8) is 0 Å². The molecule has 0 aliphatic heterocycles. The number of thiocarbonyl (C=S) groups is 1. The molecule has 0 aliphatic rings. The van der Waals surface area contributed by atoms with Gasteiger partial charge in [0.15, 0.2) is 5.11 Å². The third-order valence-electron chi connectivity index (χ3n) is 3.44. The molecule has 2 aromatic rings. The lowest BCUT2D eigenvalue weighted by atomic mass is 10.2. The normalized spacial score (nSPS) is 10.2. The number of benzene rings is 2. The molecule has 7 heteroatoms. The Morgan fingerprint density at radius 3 is 2.37 bits per heavy atom. The first-order valence-electron chi connectivity index (χ1n) is 8.66. The van der Waals surface area contributed by atoms with E-state index in [0.717, 1.165) is 0 Å². The minimum atomic E-state index is -0.333. The second-order valence-electron chi connectivity index (χ2n) is 6.04. The van der Waals surface area contributed by atoms with Crippen LogP contribution in [-0.4, -0.2) is 29.6 Å². The van der Waals surface area contributed by atoms with Gasteiger partial charge < -0.3 is 15.4 Å². The maximum Gasteiger partial charge on any atom is 0.257 e. The molecule has 0 fully saturated rings. The zero-order valence-corrected chi connectivity index (χ0v) is 16.4. The van der Waals surface area contributed by atoms with Crippen molar-refractivity contribution >= 4 is 34.8 Å². The molecule has 3 N–H and O–H groups in total. The molecule has 142 valence electrons. The molecule has 27 heavy (non-hydrogen) atoms. The fourth-order valence-corrected chi connectivity index (χ4v) is 2.50. The molecule has 2 amide bonds. The SMILES string of the molecule is CCNC(=O)c1ccc(NC(=S)NC(=O)c2cccc(OC(C)C)c2)cc1. The summed E-state index contributed by atoms with van der Waals surface area (Å²) in [7, 11) is 0. The Hall–Kier alpha value is -2.93. The van der Waals surface area contributed by atoms with Crippen LogP contribution in [0.2, 0.25) is 0 Å². The predicted octanol–water partition coefficient (Wildman–Crippen LogP) is 3.35. The number of hydrogen-bond acceptors (Lipinski definition) is 4. The smallest absolute Gasteiger partial charge is 0.257 e. The molecule has 0 spiro atoms. The third kappa shape index (κ3) is 6.38. The molecule has 0 saturated heterocycles. The van der Waals surface area contributed by atoms with Crippen LogP contribution >= 0.6 is 12.2 Å². The standard InChI is InChI=1S/C20H23N3O3S/c1-4-21-18(24)14-8-10-16(11-9-14)22-20(27)23-19(25)15-6-5-7-17(12-15)26-13(2)3/h5-13H,4H2,1-3H3,(H,21,24)(H2,22,23,25,27). The summed E-state index contributed by atoms with van der Waals surface area (Å²) >= 11 is 5.19. The lowest BCUT2D eigenvalue weighted by Gasteiger charge is -2.12. The number of anilines is 1. The fourth-order valence-electron chi connectivity index (χ4n) is 2.29. The Morgan fingerprint density at radius 2 is 1.74 bits per heavy atom. The summed E-state index contributed by atoms with van der Waals surface area (Å²) in [5.74, 6) is 0.154. The van der Waals surface area contributed by atoms with Gasteiger partial charge in [0.05, 0.1) is 6.10 Å². The highest BCUT2D eigenvalue weighted by Crippen LogP contribution is 2.15. The maximum atomic E-state index is 12.4. The van der Waals surface area contributed by atoms with Gasteiger partial charge in [0, 0.05) is 23.4 Å². The van der Waals surface area contributed by atoms with Crippen LogP contribution in [-0.2, 0) is 0 Å². The lowest BCUT2D eigenvalue weighted by molar-refractivity contribution is 0.0953. The van der Waals surface area contributed by atoms with Crippen molar-refractivity contribution in [1.29, 1.82) is 0 Å². The molecule has 0 aliphatic carbocycles. The quantitative estimate of drug-likeness (QED) is 0.665. The molecule has 0 unspecified atom stereocenters. The summed E-state index contributed by atoms with van der Waals surface area (Å²) in [6, 6.07) is 13.7. The zero-order valence-electron chi connectivity index (χ0n) is 15.5. The van der Waals surface area contributed by atoms with Crippen molar-refractivity contribution in [2.45, 2.75) is 26.9 Å². The second kappa shape index (κ2) is 9.68. The van der Waals surface area contributed by atoms with Crippen molar-refractivity contribution in [3.05, 3.63) is 59.7 Å². The lowest BCUT2D eigenvalue weighted by Crippen LogP contribution is -2.34. The van der Waals surface area contributed by atoms with Gasteiger partial charge in [-0.15, -0.1) is 0 Å². The fraction of sp³-hybridized carbons (Fsp3) is 0.250. The Balaban J connectivity index is 1.95. The molecule has 2 rings (SSSR count). The van der Waals surface area contributed by atoms with Crippen LogP contribution in [0.1, 0.15) is 41.5 Å². The van der Waals surface area contributed by atoms with Gasteiger partial charge in [-0.3, -0.25) is 14.9 Å².